The van der Waals surface area contributed by atoms with Gasteiger partial charge in [0.2, 0.25) is 0 Å². The molecule has 6 unspecified atom stereocenters. The van der Waals surface area contributed by atoms with Gasteiger partial charge in [-0.2, -0.15) is 0 Å². The van der Waals surface area contributed by atoms with Crippen LogP contribution in [0.5, 0.6) is 0 Å². The average Bonchev–Trinajstić information content (AvgIpc) is 3.03. The van der Waals surface area contributed by atoms with Crippen molar-refractivity contribution in [2.24, 2.45) is 47.3 Å². The molecule has 2 aliphatic heterocycles. The molecular formula is C14H14O6. The number of hydrogen-bond acceptors (Lipinski definition) is 5. The number of ether oxygens (including phenoxy) is 2. The number of esters is 2. The van der Waals surface area contributed by atoms with Gasteiger partial charge < -0.3 is 14.6 Å². The van der Waals surface area contributed by atoms with Crippen LogP contribution in [0, 0.1) is 47.3 Å². The Kier molecular flexibility index (Phi) is 1.77. The van der Waals surface area contributed by atoms with E-state index in [0.717, 1.165) is 6.42 Å². The molecule has 0 spiro atoms. The van der Waals surface area contributed by atoms with Crippen LogP contribution < -0.4 is 0 Å². The third-order valence-corrected chi connectivity index (χ3v) is 6.42. The quantitative estimate of drug-likeness (QED) is 0.692. The number of carbonyl (C=O) groups is 3. The van der Waals surface area contributed by atoms with Crippen LogP contribution in [0.15, 0.2) is 0 Å². The molecule has 0 aromatic carbocycles. The summed E-state index contributed by atoms with van der Waals surface area (Å²) in [5.74, 6) is -2.16. The molecule has 20 heavy (non-hydrogen) atoms. The van der Waals surface area contributed by atoms with E-state index < -0.39 is 18.2 Å². The zero-order valence-corrected chi connectivity index (χ0v) is 10.6. The van der Waals surface area contributed by atoms with E-state index in [0.29, 0.717) is 6.42 Å². The van der Waals surface area contributed by atoms with Crippen LogP contribution in [0.3, 0.4) is 0 Å². The van der Waals surface area contributed by atoms with Gasteiger partial charge >= 0.3 is 17.9 Å². The molecule has 106 valence electrons. The lowest BCUT2D eigenvalue weighted by Gasteiger charge is -2.32. The zero-order chi connectivity index (χ0) is 13.8. The molecular weight excluding hydrogens is 264 g/mol. The third-order valence-electron chi connectivity index (χ3n) is 6.42. The highest BCUT2D eigenvalue weighted by atomic mass is 16.7. The number of aliphatic carboxylic acids is 1. The minimum Gasteiger partial charge on any atom is -0.481 e. The lowest BCUT2D eigenvalue weighted by Crippen LogP contribution is -2.41. The van der Waals surface area contributed by atoms with E-state index in [4.69, 9.17) is 9.47 Å². The van der Waals surface area contributed by atoms with Crippen molar-refractivity contribution in [2.75, 3.05) is 0 Å². The summed E-state index contributed by atoms with van der Waals surface area (Å²) < 4.78 is 10.5. The molecule has 6 heteroatoms. The second kappa shape index (κ2) is 3.18. The first-order valence-corrected chi connectivity index (χ1v) is 7.21. The van der Waals surface area contributed by atoms with E-state index in [2.05, 4.69) is 0 Å². The van der Waals surface area contributed by atoms with Crippen LogP contribution in [0.1, 0.15) is 12.8 Å². The van der Waals surface area contributed by atoms with Crippen LogP contribution in [0.2, 0.25) is 0 Å². The average molecular weight is 278 g/mol. The fourth-order valence-electron chi connectivity index (χ4n) is 6.07. The summed E-state index contributed by atoms with van der Waals surface area (Å²) in [5, 5.41) is 9.44. The van der Waals surface area contributed by atoms with Gasteiger partial charge in [0.25, 0.3) is 6.29 Å². The molecule has 6 nitrogen and oxygen atoms in total. The molecule has 0 aromatic rings. The minimum atomic E-state index is -0.817. The van der Waals surface area contributed by atoms with Crippen LogP contribution in [-0.4, -0.2) is 29.3 Å². The molecule has 2 heterocycles. The summed E-state index contributed by atoms with van der Waals surface area (Å²) in [4.78, 5) is 35.7. The van der Waals surface area contributed by atoms with Crippen molar-refractivity contribution in [3.8, 4) is 0 Å². The normalized spacial score (nSPS) is 57.5. The minimum absolute atomic E-state index is 0.0945. The van der Waals surface area contributed by atoms with Gasteiger partial charge in [-0.25, -0.2) is 0 Å². The smallest absolute Gasteiger partial charge is 0.312 e. The van der Waals surface area contributed by atoms with E-state index in [9.17, 15) is 19.5 Å². The van der Waals surface area contributed by atoms with Gasteiger partial charge in [-0.15, -0.1) is 0 Å². The van der Waals surface area contributed by atoms with Gasteiger partial charge in [-0.1, -0.05) is 0 Å². The summed E-state index contributed by atoms with van der Waals surface area (Å²) in [6, 6.07) is 0. The number of hydrogen-bond donors (Lipinski definition) is 1. The first-order chi connectivity index (χ1) is 9.58. The number of carbonyl (C=O) groups excluding carboxylic acids is 2. The van der Waals surface area contributed by atoms with Crippen LogP contribution in [-0.2, 0) is 23.9 Å². The van der Waals surface area contributed by atoms with E-state index in [-0.39, 0.29) is 53.4 Å². The van der Waals surface area contributed by atoms with Gasteiger partial charge in [-0.05, 0) is 36.5 Å². The predicted molar refractivity (Wildman–Crippen MR) is 60.8 cm³/mol. The second-order valence-corrected chi connectivity index (χ2v) is 6.86. The molecule has 0 bridgehead atoms. The maximum Gasteiger partial charge on any atom is 0.312 e. The summed E-state index contributed by atoms with van der Waals surface area (Å²) >= 11 is 0. The number of rotatable bonds is 1. The van der Waals surface area contributed by atoms with Crippen molar-refractivity contribution in [1.29, 1.82) is 0 Å². The molecule has 5 fully saturated rings. The summed E-state index contributed by atoms with van der Waals surface area (Å²) in [6.07, 6.45) is 0.546. The number of fused-ring (bicyclic) bond motifs is 1. The fraction of sp³-hybridized carbons (Fsp3) is 0.786. The molecule has 2 saturated heterocycles. The Morgan fingerprint density at radius 3 is 2.50 bits per heavy atom. The molecule has 0 amide bonds. The monoisotopic (exact) mass is 278 g/mol. The van der Waals surface area contributed by atoms with Crippen molar-refractivity contribution < 1.29 is 29.0 Å². The molecule has 5 aliphatic rings. The molecule has 5 rings (SSSR count). The van der Waals surface area contributed by atoms with Crippen molar-refractivity contribution in [2.45, 2.75) is 19.1 Å². The topological polar surface area (TPSA) is 89.9 Å². The lowest BCUT2D eigenvalue weighted by molar-refractivity contribution is -0.201. The highest BCUT2D eigenvalue weighted by Crippen LogP contribution is 2.70. The van der Waals surface area contributed by atoms with Gasteiger partial charge in [0, 0.05) is 0 Å². The van der Waals surface area contributed by atoms with Gasteiger partial charge in [0.05, 0.1) is 23.7 Å². The molecule has 3 aliphatic carbocycles. The fourth-order valence-corrected chi connectivity index (χ4v) is 6.07. The van der Waals surface area contributed by atoms with E-state index in [1.807, 2.05) is 0 Å². The third kappa shape index (κ3) is 1.00. The maximum atomic E-state index is 12.1. The van der Waals surface area contributed by atoms with E-state index >= 15 is 0 Å². The highest BCUT2D eigenvalue weighted by Gasteiger charge is 2.75. The Morgan fingerprint density at radius 2 is 1.75 bits per heavy atom. The van der Waals surface area contributed by atoms with Gasteiger partial charge in [-0.3, -0.25) is 14.4 Å². The molecule has 0 radical (unpaired) electrons. The Balaban J connectivity index is 1.66. The van der Waals surface area contributed by atoms with E-state index in [1.165, 1.54) is 0 Å². The Hall–Kier alpha value is -1.59. The standard InChI is InChI=1S/C14H14O6/c15-11(16)4-1-3-2-5-8-6(3)7(4)9-10(8)14(19-12(5)17)20-13(9)18/h3-10,14H,1-2H2,(H,15,16)/t3?,4?,5-,6?,7?,8?,9+,10-,14?/m0/s1. The first-order valence-electron chi connectivity index (χ1n) is 7.21. The second-order valence-electron chi connectivity index (χ2n) is 6.86. The van der Waals surface area contributed by atoms with Crippen LogP contribution in [0.4, 0.5) is 0 Å². The number of carboxylic acid groups (broad SMARTS) is 1. The maximum absolute atomic E-state index is 12.1. The molecule has 0 aromatic heterocycles. The van der Waals surface area contributed by atoms with E-state index in [1.54, 1.807) is 0 Å². The van der Waals surface area contributed by atoms with Crippen molar-refractivity contribution in [3.05, 3.63) is 0 Å². The first kappa shape index (κ1) is 11.1. The molecule has 1 N–H and O–H groups in total. The SMILES string of the molecule is O=C(O)C1CC2C[C@@H]3C(=O)OC4OC(=O)[C@@H]5C1C2C3[C@H]45. The molecule has 9 atom stereocenters. The lowest BCUT2D eigenvalue weighted by atomic mass is 9.80. The number of carboxylic acids is 1. The van der Waals surface area contributed by atoms with Crippen molar-refractivity contribution in [3.63, 3.8) is 0 Å². The van der Waals surface area contributed by atoms with Crippen molar-refractivity contribution >= 4 is 17.9 Å². The predicted octanol–water partition coefficient (Wildman–Crippen LogP) is 0.261. The Bertz CT molecular complexity index is 556. The Labute approximate surface area is 114 Å². The largest absolute Gasteiger partial charge is 0.481 e. The summed E-state index contributed by atoms with van der Waals surface area (Å²) in [5.41, 5.74) is 0. The Morgan fingerprint density at radius 1 is 1.00 bits per heavy atom. The van der Waals surface area contributed by atoms with Crippen LogP contribution in [0.25, 0.3) is 0 Å². The van der Waals surface area contributed by atoms with Crippen molar-refractivity contribution in [1.82, 2.24) is 0 Å². The van der Waals surface area contributed by atoms with Crippen LogP contribution >= 0.6 is 0 Å². The zero-order valence-electron chi connectivity index (χ0n) is 10.6. The highest BCUT2D eigenvalue weighted by molar-refractivity contribution is 5.82. The van der Waals surface area contributed by atoms with Gasteiger partial charge in [0.15, 0.2) is 0 Å². The van der Waals surface area contributed by atoms with Gasteiger partial charge in [0.1, 0.15) is 0 Å². The molecule has 3 saturated carbocycles. The summed E-state index contributed by atoms with van der Waals surface area (Å²) in [6.45, 7) is 0. The summed E-state index contributed by atoms with van der Waals surface area (Å²) in [7, 11) is 0.